The number of methoxy groups -OCH3 is 1. The van der Waals surface area contributed by atoms with Gasteiger partial charge >= 0.3 is 0 Å². The van der Waals surface area contributed by atoms with Gasteiger partial charge < -0.3 is 4.74 Å². The van der Waals surface area contributed by atoms with Crippen molar-refractivity contribution in [1.82, 2.24) is 19.9 Å². The van der Waals surface area contributed by atoms with Crippen molar-refractivity contribution in [2.24, 2.45) is 0 Å². The van der Waals surface area contributed by atoms with Crippen LogP contribution in [0.5, 0.6) is 0 Å². The zero-order valence-electron chi connectivity index (χ0n) is 14.4. The molecule has 0 saturated carbocycles. The van der Waals surface area contributed by atoms with Crippen LogP contribution in [-0.4, -0.2) is 27.0 Å². The van der Waals surface area contributed by atoms with Crippen molar-refractivity contribution in [3.8, 4) is 0 Å². The van der Waals surface area contributed by atoms with E-state index in [-0.39, 0.29) is 0 Å². The summed E-state index contributed by atoms with van der Waals surface area (Å²) in [5, 5.41) is 0. The Bertz CT molecular complexity index is 723. The van der Waals surface area contributed by atoms with Gasteiger partial charge in [0.1, 0.15) is 0 Å². The van der Waals surface area contributed by atoms with E-state index in [0.29, 0.717) is 6.61 Å². The fraction of sp³-hybridized carbons (Fsp3) is 0.250. The molecule has 5 heteroatoms. The lowest BCUT2D eigenvalue weighted by molar-refractivity contribution is 0.177. The van der Waals surface area contributed by atoms with Crippen LogP contribution in [-0.2, 0) is 31.0 Å². The molecule has 0 radical (unpaired) electrons. The second-order valence-electron chi connectivity index (χ2n) is 5.83. The van der Waals surface area contributed by atoms with Gasteiger partial charge in [-0.15, -0.1) is 0 Å². The smallest absolute Gasteiger partial charge is 0.0887 e. The number of hydrogen-bond acceptors (Lipinski definition) is 5. The summed E-state index contributed by atoms with van der Waals surface area (Å²) < 4.78 is 5.28. The van der Waals surface area contributed by atoms with Crippen molar-refractivity contribution in [3.05, 3.63) is 89.8 Å². The zero-order valence-corrected chi connectivity index (χ0v) is 14.4. The predicted octanol–water partition coefficient (Wildman–Crippen LogP) is 3.22. The molecular formula is C20H22N4O. The first-order chi connectivity index (χ1) is 12.3. The summed E-state index contributed by atoms with van der Waals surface area (Å²) in [4.78, 5) is 15.7. The molecule has 0 aliphatic heterocycles. The Morgan fingerprint density at radius 3 is 1.96 bits per heavy atom. The molecule has 0 N–H and O–H groups in total. The van der Waals surface area contributed by atoms with Gasteiger partial charge in [0, 0.05) is 45.3 Å². The molecule has 5 nitrogen and oxygen atoms in total. The molecule has 0 bridgehead atoms. The van der Waals surface area contributed by atoms with Crippen molar-refractivity contribution in [3.63, 3.8) is 0 Å². The third kappa shape index (κ3) is 5.17. The molecule has 3 aromatic rings. The van der Waals surface area contributed by atoms with E-state index in [1.54, 1.807) is 13.3 Å². The highest BCUT2D eigenvalue weighted by Gasteiger charge is 2.12. The number of nitrogens with zero attached hydrogens (tertiary/aromatic N) is 4. The van der Waals surface area contributed by atoms with Crippen molar-refractivity contribution in [2.75, 3.05) is 7.11 Å². The lowest BCUT2D eigenvalue weighted by Crippen LogP contribution is -2.24. The number of ether oxygens (including phenoxy) is 1. The molecule has 0 spiro atoms. The maximum Gasteiger partial charge on any atom is 0.0887 e. The lowest BCUT2D eigenvalue weighted by Gasteiger charge is -2.22. The van der Waals surface area contributed by atoms with Crippen molar-refractivity contribution in [1.29, 1.82) is 0 Å². The molecule has 0 unspecified atom stereocenters. The van der Waals surface area contributed by atoms with Crippen LogP contribution >= 0.6 is 0 Å². The summed E-state index contributed by atoms with van der Waals surface area (Å²) in [5.41, 5.74) is 4.21. The molecule has 3 rings (SSSR count). The highest BCUT2D eigenvalue weighted by Crippen LogP contribution is 2.15. The summed E-state index contributed by atoms with van der Waals surface area (Å²) >= 11 is 0. The van der Waals surface area contributed by atoms with Gasteiger partial charge in [0.2, 0.25) is 0 Å². The van der Waals surface area contributed by atoms with E-state index < -0.39 is 0 Å². The molecule has 0 saturated heterocycles. The summed E-state index contributed by atoms with van der Waals surface area (Å²) in [6.07, 6.45) is 5.46. The number of rotatable bonds is 8. The first-order valence-corrected chi connectivity index (χ1v) is 8.29. The van der Waals surface area contributed by atoms with E-state index in [0.717, 1.165) is 42.3 Å². The van der Waals surface area contributed by atoms with E-state index in [1.807, 2.05) is 54.9 Å². The van der Waals surface area contributed by atoms with E-state index >= 15 is 0 Å². The highest BCUT2D eigenvalue weighted by molar-refractivity contribution is 5.19. The normalized spacial score (nSPS) is 11.0. The molecule has 25 heavy (non-hydrogen) atoms. The largest absolute Gasteiger partial charge is 0.378 e. The van der Waals surface area contributed by atoms with Crippen LogP contribution in [0.1, 0.15) is 22.6 Å². The molecule has 0 atom stereocenters. The standard InChI is InChI=1S/C20H22N4O/c1-25-16-20-17(7-6-12-23-20)13-24(14-18-8-2-4-10-21-18)15-19-9-3-5-11-22-19/h2-12H,13-16H2,1H3. The van der Waals surface area contributed by atoms with Gasteiger partial charge in [-0.1, -0.05) is 18.2 Å². The van der Waals surface area contributed by atoms with Crippen LogP contribution < -0.4 is 0 Å². The maximum absolute atomic E-state index is 5.28. The Kier molecular flexibility index (Phi) is 6.20. The van der Waals surface area contributed by atoms with Gasteiger partial charge in [-0.2, -0.15) is 0 Å². The molecule has 3 heterocycles. The topological polar surface area (TPSA) is 51.1 Å². The van der Waals surface area contributed by atoms with Gasteiger partial charge in [-0.05, 0) is 35.9 Å². The van der Waals surface area contributed by atoms with E-state index in [4.69, 9.17) is 4.74 Å². The van der Waals surface area contributed by atoms with Gasteiger partial charge in [-0.3, -0.25) is 19.9 Å². The van der Waals surface area contributed by atoms with Crippen LogP contribution in [0, 0.1) is 0 Å². The molecule has 0 aromatic carbocycles. The van der Waals surface area contributed by atoms with Crippen LogP contribution in [0.25, 0.3) is 0 Å². The SMILES string of the molecule is COCc1ncccc1CN(Cc1ccccn1)Cc1ccccn1. The monoisotopic (exact) mass is 334 g/mol. The van der Waals surface area contributed by atoms with E-state index in [1.165, 1.54) is 0 Å². The molecule has 3 aromatic heterocycles. The molecule has 0 aliphatic carbocycles. The summed E-state index contributed by atoms with van der Waals surface area (Å²) in [6.45, 7) is 2.77. The van der Waals surface area contributed by atoms with Crippen molar-refractivity contribution < 1.29 is 4.74 Å². The fourth-order valence-electron chi connectivity index (χ4n) is 2.73. The minimum Gasteiger partial charge on any atom is -0.378 e. The Hall–Kier alpha value is -2.63. The molecular weight excluding hydrogens is 312 g/mol. The third-order valence-corrected chi connectivity index (χ3v) is 3.88. The van der Waals surface area contributed by atoms with Gasteiger partial charge in [0.15, 0.2) is 0 Å². The Balaban J connectivity index is 1.80. The average molecular weight is 334 g/mol. The minimum absolute atomic E-state index is 0.511. The highest BCUT2D eigenvalue weighted by atomic mass is 16.5. The van der Waals surface area contributed by atoms with E-state index in [2.05, 4.69) is 25.9 Å². The number of hydrogen-bond donors (Lipinski definition) is 0. The fourth-order valence-corrected chi connectivity index (χ4v) is 2.73. The zero-order chi connectivity index (χ0) is 17.3. The Labute approximate surface area is 148 Å². The summed E-state index contributed by atoms with van der Waals surface area (Å²) in [7, 11) is 1.69. The molecule has 0 fully saturated rings. The summed E-state index contributed by atoms with van der Waals surface area (Å²) in [5.74, 6) is 0. The first-order valence-electron chi connectivity index (χ1n) is 8.29. The van der Waals surface area contributed by atoms with Crippen LogP contribution in [0.15, 0.2) is 67.1 Å². The maximum atomic E-state index is 5.28. The number of pyridine rings is 3. The molecule has 0 amide bonds. The average Bonchev–Trinajstić information content (AvgIpc) is 2.65. The Morgan fingerprint density at radius 1 is 0.760 bits per heavy atom. The second-order valence-corrected chi connectivity index (χ2v) is 5.83. The van der Waals surface area contributed by atoms with Gasteiger partial charge in [-0.25, -0.2) is 0 Å². The predicted molar refractivity (Wildman–Crippen MR) is 96.4 cm³/mol. The summed E-state index contributed by atoms with van der Waals surface area (Å²) in [6, 6.07) is 16.1. The van der Waals surface area contributed by atoms with Crippen molar-refractivity contribution in [2.45, 2.75) is 26.2 Å². The molecule has 0 aliphatic rings. The second kappa shape index (κ2) is 9.01. The van der Waals surface area contributed by atoms with Gasteiger partial charge in [0.25, 0.3) is 0 Å². The van der Waals surface area contributed by atoms with Crippen LogP contribution in [0.4, 0.5) is 0 Å². The number of aromatic nitrogens is 3. The molecule has 128 valence electrons. The lowest BCUT2D eigenvalue weighted by atomic mass is 10.1. The van der Waals surface area contributed by atoms with E-state index in [9.17, 15) is 0 Å². The van der Waals surface area contributed by atoms with Crippen molar-refractivity contribution >= 4 is 0 Å². The minimum atomic E-state index is 0.511. The van der Waals surface area contributed by atoms with Gasteiger partial charge in [0.05, 0.1) is 23.7 Å². The first kappa shape index (κ1) is 17.2. The quantitative estimate of drug-likeness (QED) is 0.633. The Morgan fingerprint density at radius 2 is 1.40 bits per heavy atom. The van der Waals surface area contributed by atoms with Crippen LogP contribution in [0.2, 0.25) is 0 Å². The van der Waals surface area contributed by atoms with Crippen LogP contribution in [0.3, 0.4) is 0 Å². The third-order valence-electron chi connectivity index (χ3n) is 3.88.